The minimum Gasteiger partial charge on any atom is -0.393 e. The molecule has 6 heteroatoms. The van der Waals surface area contributed by atoms with Crippen LogP contribution in [-0.4, -0.2) is 25.7 Å². The molecule has 2 N–H and O–H groups in total. The van der Waals surface area contributed by atoms with Crippen LogP contribution in [0.25, 0.3) is 21.5 Å². The second-order valence-electron chi connectivity index (χ2n) is 6.39. The Morgan fingerprint density at radius 1 is 1.19 bits per heavy atom. The molecular formula is C20H19N3O2S. The second-order valence-corrected chi connectivity index (χ2v) is 7.41. The van der Waals surface area contributed by atoms with Gasteiger partial charge in [-0.3, -0.25) is 4.79 Å². The van der Waals surface area contributed by atoms with Crippen molar-refractivity contribution in [3.8, 4) is 11.3 Å². The van der Waals surface area contributed by atoms with Gasteiger partial charge in [-0.2, -0.15) is 0 Å². The maximum absolute atomic E-state index is 11.7. The number of thiazole rings is 1. The Balaban J connectivity index is 1.78. The predicted molar refractivity (Wildman–Crippen MR) is 105 cm³/mol. The van der Waals surface area contributed by atoms with E-state index >= 15 is 0 Å². The zero-order chi connectivity index (χ0) is 18.1. The summed E-state index contributed by atoms with van der Waals surface area (Å²) in [5.74, 6) is 0. The minimum absolute atomic E-state index is 0.0488. The van der Waals surface area contributed by atoms with Crippen molar-refractivity contribution in [2.24, 2.45) is 0 Å². The monoisotopic (exact) mass is 365 g/mol. The maximum Gasteiger partial charge on any atom is 0.305 e. The lowest BCUT2D eigenvalue weighted by Crippen LogP contribution is -2.12. The molecule has 0 bridgehead atoms. The molecule has 26 heavy (non-hydrogen) atoms. The van der Waals surface area contributed by atoms with Crippen LogP contribution in [0.15, 0.2) is 59.7 Å². The maximum atomic E-state index is 11.7. The van der Waals surface area contributed by atoms with Crippen LogP contribution in [0.1, 0.15) is 18.2 Å². The smallest absolute Gasteiger partial charge is 0.305 e. The molecule has 4 rings (SSSR count). The quantitative estimate of drug-likeness (QED) is 0.569. The Morgan fingerprint density at radius 3 is 2.77 bits per heavy atom. The molecule has 0 aliphatic carbocycles. The number of aliphatic hydroxyl groups is 1. The lowest BCUT2D eigenvalue weighted by atomic mass is 10.1. The fourth-order valence-corrected chi connectivity index (χ4v) is 4.00. The van der Waals surface area contributed by atoms with Gasteiger partial charge >= 0.3 is 4.87 Å². The number of imidazole rings is 1. The Bertz CT molecular complexity index is 1090. The zero-order valence-corrected chi connectivity index (χ0v) is 15.2. The summed E-state index contributed by atoms with van der Waals surface area (Å²) in [5, 5.41) is 9.97. The fourth-order valence-electron chi connectivity index (χ4n) is 3.22. The van der Waals surface area contributed by atoms with E-state index in [-0.39, 0.29) is 4.87 Å². The average Bonchev–Trinajstić information content (AvgIpc) is 3.19. The zero-order valence-electron chi connectivity index (χ0n) is 14.3. The Labute approximate surface area is 154 Å². The van der Waals surface area contributed by atoms with Gasteiger partial charge in [0.05, 0.1) is 34.9 Å². The van der Waals surface area contributed by atoms with E-state index in [1.54, 1.807) is 6.92 Å². The van der Waals surface area contributed by atoms with Gasteiger partial charge in [0.25, 0.3) is 0 Å². The Hall–Kier alpha value is -2.70. The molecule has 2 aromatic heterocycles. The summed E-state index contributed by atoms with van der Waals surface area (Å²) in [7, 11) is 0. The molecule has 2 aromatic carbocycles. The highest BCUT2D eigenvalue weighted by atomic mass is 32.1. The molecular weight excluding hydrogens is 346 g/mol. The molecule has 1 atom stereocenters. The minimum atomic E-state index is -0.468. The van der Waals surface area contributed by atoms with Crippen molar-refractivity contribution >= 4 is 21.6 Å². The number of fused-ring (bicyclic) bond motifs is 1. The first-order valence-electron chi connectivity index (χ1n) is 8.50. The number of nitrogens with one attached hydrogen (secondary N) is 1. The molecule has 0 saturated heterocycles. The van der Waals surface area contributed by atoms with Crippen LogP contribution >= 0.6 is 11.3 Å². The highest BCUT2D eigenvalue weighted by Gasteiger charge is 2.16. The van der Waals surface area contributed by atoms with E-state index in [0.717, 1.165) is 32.7 Å². The third kappa shape index (κ3) is 3.21. The first-order chi connectivity index (χ1) is 12.6. The summed E-state index contributed by atoms with van der Waals surface area (Å²) < 4.78 is 3.01. The first kappa shape index (κ1) is 16.8. The van der Waals surface area contributed by atoms with Gasteiger partial charge in [0.15, 0.2) is 0 Å². The lowest BCUT2D eigenvalue weighted by molar-refractivity contribution is 0.193. The number of H-pyrrole nitrogens is 1. The van der Waals surface area contributed by atoms with Crippen LogP contribution in [0.2, 0.25) is 0 Å². The number of rotatable bonds is 5. The summed E-state index contributed by atoms with van der Waals surface area (Å²) in [6.07, 6.45) is 1.86. The SMILES string of the molecule is CC(O)Cc1c(-c2ccccc2)ncn1Cc1cccc2sc(=O)[nH]c12. The number of benzene rings is 2. The normalized spacial score (nSPS) is 12.5. The number of aromatic nitrogens is 3. The van der Waals surface area contributed by atoms with Crippen molar-refractivity contribution in [3.05, 3.63) is 75.8 Å². The number of nitrogens with zero attached hydrogens (tertiary/aromatic N) is 2. The average molecular weight is 365 g/mol. The van der Waals surface area contributed by atoms with Gasteiger partial charge in [-0.05, 0) is 18.6 Å². The number of hydrogen-bond acceptors (Lipinski definition) is 4. The van der Waals surface area contributed by atoms with Gasteiger partial charge in [0.1, 0.15) is 0 Å². The molecule has 5 nitrogen and oxygen atoms in total. The van der Waals surface area contributed by atoms with E-state index in [0.29, 0.717) is 13.0 Å². The molecule has 0 spiro atoms. The summed E-state index contributed by atoms with van der Waals surface area (Å²) in [6, 6.07) is 15.9. The Morgan fingerprint density at radius 2 is 2.00 bits per heavy atom. The van der Waals surface area contributed by atoms with E-state index in [4.69, 9.17) is 0 Å². The van der Waals surface area contributed by atoms with Gasteiger partial charge in [-0.1, -0.05) is 53.8 Å². The lowest BCUT2D eigenvalue weighted by Gasteiger charge is -2.12. The highest BCUT2D eigenvalue weighted by molar-refractivity contribution is 7.16. The van der Waals surface area contributed by atoms with E-state index in [2.05, 4.69) is 14.5 Å². The standard InChI is InChI=1S/C20H19N3O2S/c1-13(24)10-16-18(14-6-3-2-4-7-14)21-12-23(16)11-15-8-5-9-17-19(15)22-20(25)26-17/h2-9,12-13,24H,10-11H2,1H3,(H,22,25). The van der Waals surface area contributed by atoms with Crippen molar-refractivity contribution in [2.45, 2.75) is 26.0 Å². The molecule has 0 fully saturated rings. The van der Waals surface area contributed by atoms with Gasteiger partial charge in [-0.25, -0.2) is 4.98 Å². The van der Waals surface area contributed by atoms with Crippen molar-refractivity contribution < 1.29 is 5.11 Å². The highest BCUT2D eigenvalue weighted by Crippen LogP contribution is 2.26. The molecule has 0 radical (unpaired) electrons. The van der Waals surface area contributed by atoms with Gasteiger partial charge in [0, 0.05) is 17.7 Å². The van der Waals surface area contributed by atoms with Gasteiger partial charge < -0.3 is 14.7 Å². The summed E-state index contributed by atoms with van der Waals surface area (Å²) in [4.78, 5) is 19.2. The van der Waals surface area contributed by atoms with Crippen LogP contribution < -0.4 is 4.87 Å². The summed E-state index contributed by atoms with van der Waals surface area (Å²) >= 11 is 1.22. The van der Waals surface area contributed by atoms with E-state index in [9.17, 15) is 9.90 Å². The molecule has 1 unspecified atom stereocenters. The molecule has 4 aromatic rings. The van der Waals surface area contributed by atoms with Crippen molar-refractivity contribution in [1.82, 2.24) is 14.5 Å². The number of aromatic amines is 1. The Kier molecular flexibility index (Phi) is 4.44. The largest absolute Gasteiger partial charge is 0.393 e. The van der Waals surface area contributed by atoms with E-state index < -0.39 is 6.10 Å². The number of aliphatic hydroxyl groups excluding tert-OH is 1. The molecule has 0 saturated carbocycles. The van der Waals surface area contributed by atoms with Crippen LogP contribution in [0, 0.1) is 0 Å². The van der Waals surface area contributed by atoms with Crippen LogP contribution in [-0.2, 0) is 13.0 Å². The van der Waals surface area contributed by atoms with Crippen LogP contribution in [0.5, 0.6) is 0 Å². The summed E-state index contributed by atoms with van der Waals surface area (Å²) in [5.41, 5.74) is 4.81. The molecule has 132 valence electrons. The van der Waals surface area contributed by atoms with Crippen molar-refractivity contribution in [1.29, 1.82) is 0 Å². The third-order valence-corrected chi connectivity index (χ3v) is 5.21. The molecule has 2 heterocycles. The first-order valence-corrected chi connectivity index (χ1v) is 9.31. The second kappa shape index (κ2) is 6.90. The topological polar surface area (TPSA) is 70.9 Å². The fraction of sp³-hybridized carbons (Fsp3) is 0.200. The number of para-hydroxylation sites is 1. The van der Waals surface area contributed by atoms with E-state index in [1.807, 2.05) is 54.9 Å². The van der Waals surface area contributed by atoms with Crippen LogP contribution in [0.3, 0.4) is 0 Å². The molecule has 0 amide bonds. The van der Waals surface area contributed by atoms with Crippen molar-refractivity contribution in [2.75, 3.05) is 0 Å². The van der Waals surface area contributed by atoms with E-state index in [1.165, 1.54) is 11.3 Å². The van der Waals surface area contributed by atoms with Gasteiger partial charge in [-0.15, -0.1) is 0 Å². The predicted octanol–water partition coefficient (Wildman–Crippen LogP) is 3.42. The molecule has 0 aliphatic rings. The van der Waals surface area contributed by atoms with Crippen molar-refractivity contribution in [3.63, 3.8) is 0 Å². The third-order valence-electron chi connectivity index (χ3n) is 4.37. The van der Waals surface area contributed by atoms with Gasteiger partial charge in [0.2, 0.25) is 0 Å². The number of hydrogen-bond donors (Lipinski definition) is 2. The molecule has 0 aliphatic heterocycles. The van der Waals surface area contributed by atoms with Crippen LogP contribution in [0.4, 0.5) is 0 Å². The summed E-state index contributed by atoms with van der Waals surface area (Å²) in [6.45, 7) is 2.37.